The normalized spacial score (nSPS) is 13.2. The fourth-order valence-corrected chi connectivity index (χ4v) is 2.87. The number of sulfonamides is 1. The number of rotatable bonds is 5. The summed E-state index contributed by atoms with van der Waals surface area (Å²) >= 11 is 0. The number of nitrogens with one attached hydrogen (secondary N) is 1. The Balaban J connectivity index is 2.21. The average molecular weight is 293 g/mol. The van der Waals surface area contributed by atoms with Gasteiger partial charge in [0.1, 0.15) is 0 Å². The van der Waals surface area contributed by atoms with Crippen LogP contribution in [0.5, 0.6) is 0 Å². The maximum Gasteiger partial charge on any atom is 0.263 e. The molecule has 0 bridgehead atoms. The van der Waals surface area contributed by atoms with Gasteiger partial charge < -0.3 is 0 Å². The van der Waals surface area contributed by atoms with Gasteiger partial charge in [-0.25, -0.2) is 8.42 Å². The van der Waals surface area contributed by atoms with Crippen molar-refractivity contribution in [1.82, 2.24) is 9.78 Å². The standard InChI is InChI=1S/C14H19N3O2S/c1-4-11(2)12-5-7-13(8-6-12)20(18,19)16-14-9-10-17(3)15-14/h5-11H,4H2,1-3H3,(H,15,16). The summed E-state index contributed by atoms with van der Waals surface area (Å²) in [5.41, 5.74) is 1.14. The lowest BCUT2D eigenvalue weighted by molar-refractivity contribution is 0.600. The van der Waals surface area contributed by atoms with Crippen molar-refractivity contribution in [2.45, 2.75) is 31.1 Å². The lowest BCUT2D eigenvalue weighted by atomic mass is 9.99. The second kappa shape index (κ2) is 5.66. The van der Waals surface area contributed by atoms with Gasteiger partial charge in [0.15, 0.2) is 5.82 Å². The Morgan fingerprint density at radius 2 is 1.90 bits per heavy atom. The highest BCUT2D eigenvalue weighted by Crippen LogP contribution is 2.21. The topological polar surface area (TPSA) is 64.0 Å². The fraction of sp³-hybridized carbons (Fsp3) is 0.357. The molecule has 0 amide bonds. The van der Waals surface area contributed by atoms with Gasteiger partial charge in [-0.05, 0) is 30.0 Å². The lowest BCUT2D eigenvalue weighted by Crippen LogP contribution is -2.13. The molecule has 1 N–H and O–H groups in total. The third-order valence-corrected chi connectivity index (χ3v) is 4.69. The predicted molar refractivity (Wildman–Crippen MR) is 79.2 cm³/mol. The Morgan fingerprint density at radius 3 is 2.40 bits per heavy atom. The maximum absolute atomic E-state index is 12.2. The molecule has 5 nitrogen and oxygen atoms in total. The summed E-state index contributed by atoms with van der Waals surface area (Å²) in [4.78, 5) is 0.246. The summed E-state index contributed by atoms with van der Waals surface area (Å²) in [5.74, 6) is 0.744. The molecule has 6 heteroatoms. The van der Waals surface area contributed by atoms with E-state index in [-0.39, 0.29) is 4.90 Å². The molecule has 0 aliphatic rings. The van der Waals surface area contributed by atoms with E-state index in [1.165, 1.54) is 0 Å². The Bertz CT molecular complexity index is 675. The summed E-state index contributed by atoms with van der Waals surface area (Å²) in [6, 6.07) is 8.60. The smallest absolute Gasteiger partial charge is 0.263 e. The number of hydrogen-bond donors (Lipinski definition) is 1. The molecule has 1 aromatic heterocycles. The summed E-state index contributed by atoms with van der Waals surface area (Å²) in [7, 11) is -1.84. The Labute approximate surface area is 119 Å². The molecule has 0 fully saturated rings. The molecule has 2 rings (SSSR count). The maximum atomic E-state index is 12.2. The number of aryl methyl sites for hydroxylation is 1. The zero-order valence-corrected chi connectivity index (χ0v) is 12.7. The van der Waals surface area contributed by atoms with E-state index in [0.717, 1.165) is 12.0 Å². The summed E-state index contributed by atoms with van der Waals surface area (Å²) in [6.45, 7) is 4.23. The molecule has 1 unspecified atom stereocenters. The van der Waals surface area contributed by atoms with Crippen LogP contribution in [0.25, 0.3) is 0 Å². The molecule has 0 aliphatic carbocycles. The SMILES string of the molecule is CCC(C)c1ccc(S(=O)(=O)Nc2ccn(C)n2)cc1. The summed E-state index contributed by atoms with van der Waals surface area (Å²) in [5, 5.41) is 4.01. The van der Waals surface area contributed by atoms with Crippen molar-refractivity contribution < 1.29 is 8.42 Å². The zero-order chi connectivity index (χ0) is 14.8. The van der Waals surface area contributed by atoms with Gasteiger partial charge in [-0.2, -0.15) is 5.10 Å². The molecule has 0 spiro atoms. The molecule has 2 aromatic rings. The van der Waals surface area contributed by atoms with Gasteiger partial charge in [-0.15, -0.1) is 0 Å². The zero-order valence-electron chi connectivity index (χ0n) is 11.9. The van der Waals surface area contributed by atoms with Gasteiger partial charge in [0.05, 0.1) is 4.90 Å². The van der Waals surface area contributed by atoms with E-state index in [2.05, 4.69) is 23.7 Å². The third-order valence-electron chi connectivity index (χ3n) is 3.32. The molecule has 1 aromatic carbocycles. The van der Waals surface area contributed by atoms with Crippen LogP contribution in [0.3, 0.4) is 0 Å². The van der Waals surface area contributed by atoms with Crippen LogP contribution in [0.15, 0.2) is 41.4 Å². The molecule has 0 aliphatic heterocycles. The highest BCUT2D eigenvalue weighted by molar-refractivity contribution is 7.92. The highest BCUT2D eigenvalue weighted by Gasteiger charge is 2.15. The minimum atomic E-state index is -3.58. The van der Waals surface area contributed by atoms with Crippen LogP contribution in [0.4, 0.5) is 5.82 Å². The van der Waals surface area contributed by atoms with Gasteiger partial charge in [0, 0.05) is 19.3 Å². The average Bonchev–Trinajstić information content (AvgIpc) is 2.82. The van der Waals surface area contributed by atoms with E-state index in [9.17, 15) is 8.42 Å². The van der Waals surface area contributed by atoms with Crippen molar-refractivity contribution in [2.75, 3.05) is 4.72 Å². The molecule has 1 atom stereocenters. The van der Waals surface area contributed by atoms with E-state index >= 15 is 0 Å². The van der Waals surface area contributed by atoms with E-state index in [1.807, 2.05) is 12.1 Å². The largest absolute Gasteiger partial charge is 0.274 e. The van der Waals surface area contributed by atoms with Gasteiger partial charge in [-0.1, -0.05) is 26.0 Å². The Kier molecular flexibility index (Phi) is 4.13. The van der Waals surface area contributed by atoms with Crippen LogP contribution in [0.1, 0.15) is 31.7 Å². The van der Waals surface area contributed by atoms with Crippen LogP contribution < -0.4 is 4.72 Å². The van der Waals surface area contributed by atoms with Gasteiger partial charge >= 0.3 is 0 Å². The number of hydrogen-bond acceptors (Lipinski definition) is 3. The first-order chi connectivity index (χ1) is 9.42. The molecular weight excluding hydrogens is 274 g/mol. The van der Waals surface area contributed by atoms with Crippen LogP contribution >= 0.6 is 0 Å². The minimum absolute atomic E-state index is 0.246. The lowest BCUT2D eigenvalue weighted by Gasteiger charge is -2.10. The fourth-order valence-electron chi connectivity index (χ4n) is 1.88. The van der Waals surface area contributed by atoms with Gasteiger partial charge in [0.25, 0.3) is 10.0 Å². The first-order valence-electron chi connectivity index (χ1n) is 6.55. The molecule has 20 heavy (non-hydrogen) atoms. The minimum Gasteiger partial charge on any atom is -0.274 e. The highest BCUT2D eigenvalue weighted by atomic mass is 32.2. The number of anilines is 1. The van der Waals surface area contributed by atoms with Gasteiger partial charge in [-0.3, -0.25) is 9.40 Å². The number of aromatic nitrogens is 2. The van der Waals surface area contributed by atoms with Crippen LogP contribution in [0, 0.1) is 0 Å². The predicted octanol–water partition coefficient (Wildman–Crippen LogP) is 2.73. The van der Waals surface area contributed by atoms with E-state index in [0.29, 0.717) is 11.7 Å². The van der Waals surface area contributed by atoms with E-state index in [1.54, 1.807) is 36.1 Å². The van der Waals surface area contributed by atoms with Crippen molar-refractivity contribution in [1.29, 1.82) is 0 Å². The van der Waals surface area contributed by atoms with Crippen molar-refractivity contribution in [2.24, 2.45) is 7.05 Å². The monoisotopic (exact) mass is 293 g/mol. The molecule has 108 valence electrons. The van der Waals surface area contributed by atoms with E-state index in [4.69, 9.17) is 0 Å². The Hall–Kier alpha value is -1.82. The van der Waals surface area contributed by atoms with Crippen LogP contribution in [-0.2, 0) is 17.1 Å². The van der Waals surface area contributed by atoms with E-state index < -0.39 is 10.0 Å². The molecule has 0 radical (unpaired) electrons. The molecule has 0 saturated carbocycles. The molecular formula is C14H19N3O2S. The number of benzene rings is 1. The summed E-state index contributed by atoms with van der Waals surface area (Å²) < 4.78 is 28.4. The first kappa shape index (κ1) is 14.6. The summed E-state index contributed by atoms with van der Waals surface area (Å²) in [6.07, 6.45) is 2.71. The molecule has 1 heterocycles. The molecule has 0 saturated heterocycles. The van der Waals surface area contributed by atoms with Crippen molar-refractivity contribution >= 4 is 15.8 Å². The second-order valence-electron chi connectivity index (χ2n) is 4.86. The quantitative estimate of drug-likeness (QED) is 0.922. The Morgan fingerprint density at radius 1 is 1.25 bits per heavy atom. The number of nitrogens with zero attached hydrogens (tertiary/aromatic N) is 2. The van der Waals surface area contributed by atoms with Crippen molar-refractivity contribution in [3.05, 3.63) is 42.1 Å². The van der Waals surface area contributed by atoms with Crippen LogP contribution in [-0.4, -0.2) is 18.2 Å². The van der Waals surface area contributed by atoms with Gasteiger partial charge in [0.2, 0.25) is 0 Å². The van der Waals surface area contributed by atoms with Crippen molar-refractivity contribution in [3.8, 4) is 0 Å². The van der Waals surface area contributed by atoms with Crippen LogP contribution in [0.2, 0.25) is 0 Å². The van der Waals surface area contributed by atoms with Crippen molar-refractivity contribution in [3.63, 3.8) is 0 Å². The first-order valence-corrected chi connectivity index (χ1v) is 8.03. The second-order valence-corrected chi connectivity index (χ2v) is 6.54. The third kappa shape index (κ3) is 3.19.